The molecule has 0 amide bonds. The zero-order chi connectivity index (χ0) is 16.7. The van der Waals surface area contributed by atoms with Crippen LogP contribution in [0.25, 0.3) is 0 Å². The van der Waals surface area contributed by atoms with Gasteiger partial charge in [0.1, 0.15) is 12.7 Å². The molecular formula is C18H22O5. The molecule has 0 aliphatic heterocycles. The molecule has 5 heteroatoms. The van der Waals surface area contributed by atoms with Gasteiger partial charge in [-0.2, -0.15) is 0 Å². The van der Waals surface area contributed by atoms with Crippen molar-refractivity contribution < 1.29 is 24.1 Å². The van der Waals surface area contributed by atoms with E-state index in [9.17, 15) is 5.11 Å². The molecular weight excluding hydrogens is 296 g/mol. The number of aliphatic hydroxyl groups excluding tert-OH is 1. The lowest BCUT2D eigenvalue weighted by Crippen LogP contribution is -2.10. The Morgan fingerprint density at radius 2 is 1.52 bits per heavy atom. The van der Waals surface area contributed by atoms with Crippen molar-refractivity contribution in [1.82, 2.24) is 0 Å². The molecule has 1 atom stereocenters. The Morgan fingerprint density at radius 1 is 0.870 bits per heavy atom. The van der Waals surface area contributed by atoms with Crippen molar-refractivity contribution in [2.24, 2.45) is 0 Å². The lowest BCUT2D eigenvalue weighted by atomic mass is 10.1. The Labute approximate surface area is 136 Å². The van der Waals surface area contributed by atoms with E-state index in [2.05, 4.69) is 0 Å². The van der Waals surface area contributed by atoms with Crippen LogP contribution in [0.3, 0.4) is 0 Å². The van der Waals surface area contributed by atoms with Crippen LogP contribution in [0.15, 0.2) is 42.5 Å². The zero-order valence-electron chi connectivity index (χ0n) is 13.6. The molecule has 0 aliphatic carbocycles. The van der Waals surface area contributed by atoms with Gasteiger partial charge in [0, 0.05) is 0 Å². The van der Waals surface area contributed by atoms with Crippen molar-refractivity contribution in [3.8, 4) is 23.0 Å². The molecule has 2 aromatic rings. The van der Waals surface area contributed by atoms with Gasteiger partial charge < -0.3 is 24.1 Å². The van der Waals surface area contributed by atoms with Crippen molar-refractivity contribution in [3.05, 3.63) is 48.0 Å². The van der Waals surface area contributed by atoms with Crippen LogP contribution in [0.1, 0.15) is 18.6 Å². The Bertz CT molecular complexity index is 627. The summed E-state index contributed by atoms with van der Waals surface area (Å²) in [5.41, 5.74) is 0.695. The largest absolute Gasteiger partial charge is 0.493 e. The molecule has 0 bridgehead atoms. The van der Waals surface area contributed by atoms with Crippen molar-refractivity contribution in [2.75, 3.05) is 27.4 Å². The van der Waals surface area contributed by atoms with Gasteiger partial charge in [-0.1, -0.05) is 18.2 Å². The fourth-order valence-corrected chi connectivity index (χ4v) is 2.17. The molecule has 0 fully saturated rings. The van der Waals surface area contributed by atoms with E-state index in [1.165, 1.54) is 0 Å². The number of benzene rings is 2. The third kappa shape index (κ3) is 4.29. The fraction of sp³-hybridized carbons (Fsp3) is 0.333. The van der Waals surface area contributed by atoms with E-state index in [1.54, 1.807) is 38.5 Å². The number of rotatable bonds is 8. The summed E-state index contributed by atoms with van der Waals surface area (Å²) in [7, 11) is 3.15. The maximum Gasteiger partial charge on any atom is 0.161 e. The van der Waals surface area contributed by atoms with Crippen LogP contribution in [0, 0.1) is 0 Å². The van der Waals surface area contributed by atoms with Crippen LogP contribution >= 0.6 is 0 Å². The molecule has 2 rings (SSSR count). The minimum Gasteiger partial charge on any atom is -0.493 e. The van der Waals surface area contributed by atoms with E-state index in [1.807, 2.05) is 25.1 Å². The predicted octanol–water partition coefficient (Wildman–Crippen LogP) is 3.21. The number of aliphatic hydroxyl groups is 1. The normalized spacial score (nSPS) is 11.7. The molecule has 0 spiro atoms. The molecule has 0 saturated heterocycles. The summed E-state index contributed by atoms with van der Waals surface area (Å²) in [4.78, 5) is 0. The first-order valence-electron chi connectivity index (χ1n) is 7.44. The molecule has 0 heterocycles. The second kappa shape index (κ2) is 8.29. The summed E-state index contributed by atoms with van der Waals surface area (Å²) >= 11 is 0. The highest BCUT2D eigenvalue weighted by molar-refractivity contribution is 5.44. The summed E-state index contributed by atoms with van der Waals surface area (Å²) in [5, 5.41) is 10.3. The Balaban J connectivity index is 2.07. The SMILES string of the molecule is CCOc1ccc([C@@H](O)COc2ccccc2OC)cc1OC. The summed E-state index contributed by atoms with van der Waals surface area (Å²) in [5.74, 6) is 2.45. The van der Waals surface area contributed by atoms with Crippen molar-refractivity contribution in [1.29, 1.82) is 0 Å². The van der Waals surface area contributed by atoms with Crippen molar-refractivity contribution in [3.63, 3.8) is 0 Å². The average molecular weight is 318 g/mol. The number of methoxy groups -OCH3 is 2. The van der Waals surface area contributed by atoms with Gasteiger partial charge in [0.2, 0.25) is 0 Å². The molecule has 0 aromatic heterocycles. The highest BCUT2D eigenvalue weighted by atomic mass is 16.5. The van der Waals surface area contributed by atoms with Crippen LogP contribution < -0.4 is 18.9 Å². The summed E-state index contributed by atoms with van der Waals surface area (Å²) in [6.45, 7) is 2.57. The molecule has 0 radical (unpaired) electrons. The first-order valence-corrected chi connectivity index (χ1v) is 7.44. The third-order valence-electron chi connectivity index (χ3n) is 3.34. The molecule has 0 unspecified atom stereocenters. The molecule has 124 valence electrons. The first-order chi connectivity index (χ1) is 11.2. The number of ether oxygens (including phenoxy) is 4. The van der Waals surface area contributed by atoms with Gasteiger partial charge in [-0.25, -0.2) is 0 Å². The highest BCUT2D eigenvalue weighted by Crippen LogP contribution is 2.31. The number of para-hydroxylation sites is 2. The van der Waals surface area contributed by atoms with Gasteiger partial charge in [0.15, 0.2) is 23.0 Å². The van der Waals surface area contributed by atoms with E-state index in [4.69, 9.17) is 18.9 Å². The molecule has 1 N–H and O–H groups in total. The van der Waals surface area contributed by atoms with Crippen LogP contribution in [-0.4, -0.2) is 32.5 Å². The van der Waals surface area contributed by atoms with Gasteiger partial charge in [0.05, 0.1) is 20.8 Å². The summed E-state index contributed by atoms with van der Waals surface area (Å²) in [6.07, 6.45) is -0.788. The predicted molar refractivity (Wildman–Crippen MR) is 87.6 cm³/mol. The molecule has 2 aromatic carbocycles. The lowest BCUT2D eigenvalue weighted by Gasteiger charge is -2.16. The Morgan fingerprint density at radius 3 is 2.17 bits per heavy atom. The highest BCUT2D eigenvalue weighted by Gasteiger charge is 2.14. The van der Waals surface area contributed by atoms with E-state index in [0.717, 1.165) is 0 Å². The van der Waals surface area contributed by atoms with Gasteiger partial charge in [0.25, 0.3) is 0 Å². The Hall–Kier alpha value is -2.40. The standard InChI is InChI=1S/C18H22O5/c1-4-22-17-10-9-13(11-18(17)21-3)14(19)12-23-16-8-6-5-7-15(16)20-2/h5-11,14,19H,4,12H2,1-3H3/t14-/m0/s1. The van der Waals surface area contributed by atoms with Crippen molar-refractivity contribution in [2.45, 2.75) is 13.0 Å². The monoisotopic (exact) mass is 318 g/mol. The topological polar surface area (TPSA) is 57.2 Å². The molecule has 0 saturated carbocycles. The van der Waals surface area contributed by atoms with E-state index in [-0.39, 0.29) is 6.61 Å². The summed E-state index contributed by atoms with van der Waals surface area (Å²) in [6, 6.07) is 12.6. The second-order valence-corrected chi connectivity index (χ2v) is 4.82. The fourth-order valence-electron chi connectivity index (χ4n) is 2.17. The summed E-state index contributed by atoms with van der Waals surface area (Å²) < 4.78 is 21.6. The Kier molecular flexibility index (Phi) is 6.11. The average Bonchev–Trinajstić information content (AvgIpc) is 2.60. The van der Waals surface area contributed by atoms with E-state index >= 15 is 0 Å². The molecule has 0 aliphatic rings. The van der Waals surface area contributed by atoms with Gasteiger partial charge in [-0.05, 0) is 36.8 Å². The zero-order valence-corrected chi connectivity index (χ0v) is 13.6. The maximum absolute atomic E-state index is 10.3. The van der Waals surface area contributed by atoms with Crippen LogP contribution in [0.2, 0.25) is 0 Å². The first kappa shape index (κ1) is 17.0. The minimum atomic E-state index is -0.788. The number of hydrogen-bond acceptors (Lipinski definition) is 5. The van der Waals surface area contributed by atoms with Crippen molar-refractivity contribution >= 4 is 0 Å². The van der Waals surface area contributed by atoms with Crippen LogP contribution in [0.5, 0.6) is 23.0 Å². The molecule has 5 nitrogen and oxygen atoms in total. The van der Waals surface area contributed by atoms with E-state index < -0.39 is 6.10 Å². The van der Waals surface area contributed by atoms with Crippen LogP contribution in [0.4, 0.5) is 0 Å². The van der Waals surface area contributed by atoms with Gasteiger partial charge >= 0.3 is 0 Å². The van der Waals surface area contributed by atoms with Gasteiger partial charge in [-0.15, -0.1) is 0 Å². The smallest absolute Gasteiger partial charge is 0.161 e. The van der Waals surface area contributed by atoms with Gasteiger partial charge in [-0.3, -0.25) is 0 Å². The number of hydrogen-bond donors (Lipinski definition) is 1. The second-order valence-electron chi connectivity index (χ2n) is 4.82. The quantitative estimate of drug-likeness (QED) is 0.810. The minimum absolute atomic E-state index is 0.109. The maximum atomic E-state index is 10.3. The lowest BCUT2D eigenvalue weighted by molar-refractivity contribution is 0.106. The third-order valence-corrected chi connectivity index (χ3v) is 3.34. The van der Waals surface area contributed by atoms with E-state index in [0.29, 0.717) is 35.2 Å². The van der Waals surface area contributed by atoms with Crippen LogP contribution in [-0.2, 0) is 0 Å². The molecule has 23 heavy (non-hydrogen) atoms.